The Balaban J connectivity index is 2.32. The molecule has 118 valence electrons. The fourth-order valence-corrected chi connectivity index (χ4v) is 2.79. The lowest BCUT2D eigenvalue weighted by atomic mass is 10.0. The van der Waals surface area contributed by atoms with Gasteiger partial charge in [0.2, 0.25) is 12.3 Å². The summed E-state index contributed by atoms with van der Waals surface area (Å²) in [5.41, 5.74) is 1.58. The molecule has 1 N–H and O–H groups in total. The largest absolute Gasteiger partial charge is 0.322 e. The predicted octanol–water partition coefficient (Wildman–Crippen LogP) is 1.79. The van der Waals surface area contributed by atoms with Crippen LogP contribution in [-0.4, -0.2) is 29.2 Å². The summed E-state index contributed by atoms with van der Waals surface area (Å²) in [5.74, 6) is -1.27. The van der Waals surface area contributed by atoms with Crippen LogP contribution in [0.3, 0.4) is 0 Å². The zero-order valence-corrected chi connectivity index (χ0v) is 12.7. The van der Waals surface area contributed by atoms with E-state index in [0.717, 1.165) is 5.56 Å². The normalized spacial score (nSPS) is 14.7. The number of benzene rings is 1. The average molecular weight is 306 g/mol. The Bertz CT molecular complexity index is 616. The van der Waals surface area contributed by atoms with E-state index in [0.29, 0.717) is 36.8 Å². The van der Waals surface area contributed by atoms with E-state index in [9.17, 15) is 18.8 Å². The molecule has 6 heteroatoms. The number of aryl methyl sites for hydroxylation is 1. The molecule has 1 unspecified atom stereocenters. The Kier molecular flexibility index (Phi) is 4.90. The second-order valence-corrected chi connectivity index (χ2v) is 5.32. The molecule has 0 radical (unpaired) electrons. The van der Waals surface area contributed by atoms with Gasteiger partial charge in [0.15, 0.2) is 0 Å². The van der Waals surface area contributed by atoms with Gasteiger partial charge in [0.05, 0.1) is 0 Å². The van der Waals surface area contributed by atoms with Gasteiger partial charge in [-0.25, -0.2) is 4.39 Å². The average Bonchev–Trinajstić information content (AvgIpc) is 2.80. The topological polar surface area (TPSA) is 66.5 Å². The van der Waals surface area contributed by atoms with Crippen molar-refractivity contribution in [1.82, 2.24) is 10.2 Å². The van der Waals surface area contributed by atoms with Crippen LogP contribution in [0, 0.1) is 5.82 Å². The van der Waals surface area contributed by atoms with Crippen LogP contribution < -0.4 is 5.32 Å². The second-order valence-electron chi connectivity index (χ2n) is 5.32. The number of imide groups is 1. The van der Waals surface area contributed by atoms with Crippen molar-refractivity contribution in [2.75, 3.05) is 0 Å². The molecule has 0 aromatic heterocycles. The summed E-state index contributed by atoms with van der Waals surface area (Å²) >= 11 is 0. The van der Waals surface area contributed by atoms with Crippen molar-refractivity contribution in [3.8, 4) is 0 Å². The van der Waals surface area contributed by atoms with Gasteiger partial charge in [-0.3, -0.25) is 19.7 Å². The van der Waals surface area contributed by atoms with E-state index >= 15 is 0 Å². The van der Waals surface area contributed by atoms with E-state index in [2.05, 4.69) is 5.32 Å². The van der Waals surface area contributed by atoms with E-state index in [1.165, 1.54) is 11.0 Å². The molecule has 3 amide bonds. The van der Waals surface area contributed by atoms with Gasteiger partial charge < -0.3 is 4.90 Å². The van der Waals surface area contributed by atoms with Gasteiger partial charge >= 0.3 is 0 Å². The van der Waals surface area contributed by atoms with Crippen LogP contribution in [0.2, 0.25) is 0 Å². The Morgan fingerprint density at radius 1 is 1.45 bits per heavy atom. The maximum atomic E-state index is 13.9. The monoisotopic (exact) mass is 306 g/mol. The quantitative estimate of drug-likeness (QED) is 0.815. The van der Waals surface area contributed by atoms with Gasteiger partial charge in [0.25, 0.3) is 5.91 Å². The summed E-state index contributed by atoms with van der Waals surface area (Å²) in [6.45, 7) is 4.00. The molecule has 2 rings (SSSR count). The van der Waals surface area contributed by atoms with E-state index in [-0.39, 0.29) is 12.5 Å². The summed E-state index contributed by atoms with van der Waals surface area (Å²) in [7, 11) is 0. The minimum Gasteiger partial charge on any atom is -0.322 e. The molecule has 1 aromatic carbocycles. The first-order valence-corrected chi connectivity index (χ1v) is 7.39. The SMILES string of the molecule is CCCC(C(=O)NC=O)N1Cc2cc(CC)c(F)cc2C1=O. The third-order valence-electron chi connectivity index (χ3n) is 3.93. The maximum Gasteiger partial charge on any atom is 0.255 e. The zero-order valence-electron chi connectivity index (χ0n) is 12.7. The van der Waals surface area contributed by atoms with Gasteiger partial charge in [0.1, 0.15) is 11.9 Å². The molecule has 1 aliphatic heterocycles. The highest BCUT2D eigenvalue weighted by Gasteiger charge is 2.36. The summed E-state index contributed by atoms with van der Waals surface area (Å²) in [6, 6.07) is 2.21. The van der Waals surface area contributed by atoms with Gasteiger partial charge in [-0.1, -0.05) is 26.3 Å². The van der Waals surface area contributed by atoms with Gasteiger partial charge in [0, 0.05) is 12.1 Å². The molecule has 0 fully saturated rings. The predicted molar refractivity (Wildman–Crippen MR) is 78.6 cm³/mol. The summed E-state index contributed by atoms with van der Waals surface area (Å²) < 4.78 is 13.9. The minimum absolute atomic E-state index is 0.262. The molecule has 1 atom stereocenters. The highest BCUT2D eigenvalue weighted by molar-refractivity contribution is 6.02. The molecular weight excluding hydrogens is 287 g/mol. The van der Waals surface area contributed by atoms with Crippen LogP contribution >= 0.6 is 0 Å². The number of amides is 3. The maximum absolute atomic E-state index is 13.9. The first-order valence-electron chi connectivity index (χ1n) is 7.39. The van der Waals surface area contributed by atoms with Crippen molar-refractivity contribution in [3.05, 3.63) is 34.6 Å². The molecule has 0 spiro atoms. The minimum atomic E-state index is -0.719. The Morgan fingerprint density at radius 3 is 2.77 bits per heavy atom. The van der Waals surface area contributed by atoms with Crippen LogP contribution in [0.5, 0.6) is 0 Å². The number of hydrogen-bond acceptors (Lipinski definition) is 3. The number of rotatable bonds is 6. The molecular formula is C16H19FN2O3. The fraction of sp³-hybridized carbons (Fsp3) is 0.438. The van der Waals surface area contributed by atoms with Crippen LogP contribution in [0.15, 0.2) is 12.1 Å². The fourth-order valence-electron chi connectivity index (χ4n) is 2.79. The van der Waals surface area contributed by atoms with Crippen molar-refractivity contribution in [3.63, 3.8) is 0 Å². The summed E-state index contributed by atoms with van der Waals surface area (Å²) in [5, 5.41) is 2.10. The van der Waals surface area contributed by atoms with Crippen molar-refractivity contribution in [2.24, 2.45) is 0 Å². The Labute approximate surface area is 128 Å². The Morgan fingerprint density at radius 2 is 2.18 bits per heavy atom. The second kappa shape index (κ2) is 6.68. The van der Waals surface area contributed by atoms with Crippen LogP contribution in [-0.2, 0) is 22.6 Å². The molecule has 1 aliphatic rings. The molecule has 0 aliphatic carbocycles. The molecule has 22 heavy (non-hydrogen) atoms. The van der Waals surface area contributed by atoms with Crippen LogP contribution in [0.25, 0.3) is 0 Å². The number of nitrogens with zero attached hydrogens (tertiary/aromatic N) is 1. The van der Waals surface area contributed by atoms with E-state index in [4.69, 9.17) is 0 Å². The van der Waals surface area contributed by atoms with Crippen molar-refractivity contribution >= 4 is 18.2 Å². The number of carbonyl (C=O) groups excluding carboxylic acids is 3. The van der Waals surface area contributed by atoms with E-state index in [1.807, 2.05) is 13.8 Å². The molecule has 0 saturated carbocycles. The van der Waals surface area contributed by atoms with E-state index in [1.54, 1.807) is 6.07 Å². The summed E-state index contributed by atoms with van der Waals surface area (Å²) in [6.07, 6.45) is 1.99. The Hall–Kier alpha value is -2.24. The highest BCUT2D eigenvalue weighted by Crippen LogP contribution is 2.28. The van der Waals surface area contributed by atoms with Crippen molar-refractivity contribution < 1.29 is 18.8 Å². The third kappa shape index (κ3) is 2.86. The molecule has 1 aromatic rings. The van der Waals surface area contributed by atoms with Crippen molar-refractivity contribution in [2.45, 2.75) is 45.7 Å². The molecule has 0 bridgehead atoms. The van der Waals surface area contributed by atoms with Crippen LogP contribution in [0.1, 0.15) is 48.2 Å². The smallest absolute Gasteiger partial charge is 0.255 e. The van der Waals surface area contributed by atoms with Crippen LogP contribution in [0.4, 0.5) is 4.39 Å². The van der Waals surface area contributed by atoms with Gasteiger partial charge in [-0.05, 0) is 30.0 Å². The lowest BCUT2D eigenvalue weighted by molar-refractivity contribution is -0.129. The van der Waals surface area contributed by atoms with Gasteiger partial charge in [-0.15, -0.1) is 0 Å². The summed E-state index contributed by atoms with van der Waals surface area (Å²) in [4.78, 5) is 36.4. The molecule has 1 heterocycles. The van der Waals surface area contributed by atoms with Crippen molar-refractivity contribution in [1.29, 1.82) is 0 Å². The molecule has 5 nitrogen and oxygen atoms in total. The number of halogens is 1. The number of hydrogen-bond donors (Lipinski definition) is 1. The third-order valence-corrected chi connectivity index (χ3v) is 3.93. The lowest BCUT2D eigenvalue weighted by Gasteiger charge is -2.25. The number of carbonyl (C=O) groups is 3. The highest BCUT2D eigenvalue weighted by atomic mass is 19.1. The van der Waals surface area contributed by atoms with Gasteiger partial charge in [-0.2, -0.15) is 0 Å². The molecule has 0 saturated heterocycles. The zero-order chi connectivity index (χ0) is 16.3. The first kappa shape index (κ1) is 16.1. The lowest BCUT2D eigenvalue weighted by Crippen LogP contribution is -2.46. The standard InChI is InChI=1S/C16H19FN2O3/c1-3-5-14(15(21)18-9-20)19-8-11-6-10(4-2)13(17)7-12(11)16(19)22/h6-7,9,14H,3-5,8H2,1-2H3,(H,18,20,21). The van der Waals surface area contributed by atoms with E-state index < -0.39 is 17.8 Å². The first-order chi connectivity index (χ1) is 10.5. The number of nitrogens with one attached hydrogen (secondary N) is 1. The number of fused-ring (bicyclic) bond motifs is 1.